The lowest BCUT2D eigenvalue weighted by Crippen LogP contribution is -2.43. The molecule has 0 saturated heterocycles. The molecular formula is C19H31ClN2O4. The van der Waals surface area contributed by atoms with Crippen LogP contribution in [0.3, 0.4) is 0 Å². The molecule has 0 radical (unpaired) electrons. The quantitative estimate of drug-likeness (QED) is 0.576. The molecule has 0 aliphatic rings. The lowest BCUT2D eigenvalue weighted by molar-refractivity contribution is -0.124. The van der Waals surface area contributed by atoms with E-state index in [0.717, 1.165) is 12.0 Å². The van der Waals surface area contributed by atoms with Crippen molar-refractivity contribution in [2.24, 2.45) is 0 Å². The van der Waals surface area contributed by atoms with Crippen molar-refractivity contribution < 1.29 is 19.4 Å². The van der Waals surface area contributed by atoms with Crippen molar-refractivity contribution in [3.8, 4) is 11.5 Å². The van der Waals surface area contributed by atoms with E-state index in [1.807, 2.05) is 34.6 Å². The number of halogens is 1. The Morgan fingerprint density at radius 1 is 1.23 bits per heavy atom. The van der Waals surface area contributed by atoms with Crippen LogP contribution in [0.2, 0.25) is 5.02 Å². The van der Waals surface area contributed by atoms with E-state index in [4.69, 9.17) is 21.1 Å². The predicted octanol–water partition coefficient (Wildman–Crippen LogP) is 2.89. The fraction of sp³-hybridized carbons (Fsp3) is 0.632. The van der Waals surface area contributed by atoms with Crippen LogP contribution in [0.25, 0.3) is 0 Å². The average molecular weight is 387 g/mol. The van der Waals surface area contributed by atoms with E-state index in [2.05, 4.69) is 10.6 Å². The molecule has 148 valence electrons. The number of carbonyl (C=O) groups is 1. The normalized spacial score (nSPS) is 12.6. The number of rotatable bonds is 10. The number of hydrogen-bond acceptors (Lipinski definition) is 5. The number of benzene rings is 1. The van der Waals surface area contributed by atoms with Crippen LogP contribution in [0.5, 0.6) is 11.5 Å². The number of ether oxygens (including phenoxy) is 2. The van der Waals surface area contributed by atoms with Crippen LogP contribution in [0, 0.1) is 0 Å². The molecule has 3 N–H and O–H groups in total. The summed E-state index contributed by atoms with van der Waals surface area (Å²) in [6, 6.07) is 3.48. The first-order valence-corrected chi connectivity index (χ1v) is 9.31. The van der Waals surface area contributed by atoms with E-state index >= 15 is 0 Å². The van der Waals surface area contributed by atoms with Gasteiger partial charge < -0.3 is 25.2 Å². The molecule has 26 heavy (non-hydrogen) atoms. The molecule has 0 spiro atoms. The average Bonchev–Trinajstić information content (AvgIpc) is 2.55. The predicted molar refractivity (Wildman–Crippen MR) is 104 cm³/mol. The minimum atomic E-state index is -0.321. The third-order valence-corrected chi connectivity index (χ3v) is 3.93. The van der Waals surface area contributed by atoms with Crippen LogP contribution in [-0.2, 0) is 11.3 Å². The van der Waals surface area contributed by atoms with Crippen molar-refractivity contribution in [2.75, 3.05) is 19.8 Å². The lowest BCUT2D eigenvalue weighted by atomic mass is 10.1. The molecule has 7 heteroatoms. The van der Waals surface area contributed by atoms with Gasteiger partial charge in [-0.15, -0.1) is 0 Å². The molecular weight excluding hydrogens is 356 g/mol. The third kappa shape index (κ3) is 7.81. The van der Waals surface area contributed by atoms with Gasteiger partial charge in [0.15, 0.2) is 18.1 Å². The topological polar surface area (TPSA) is 79.8 Å². The Hall–Kier alpha value is -1.50. The maximum atomic E-state index is 12.0. The molecule has 1 unspecified atom stereocenters. The maximum absolute atomic E-state index is 12.0. The van der Waals surface area contributed by atoms with Gasteiger partial charge in [0.25, 0.3) is 5.91 Å². The van der Waals surface area contributed by atoms with Gasteiger partial charge in [-0.05, 0) is 45.7 Å². The monoisotopic (exact) mass is 386 g/mol. The number of carbonyl (C=O) groups excluding carboxylic acids is 1. The van der Waals surface area contributed by atoms with Crippen molar-refractivity contribution in [3.63, 3.8) is 0 Å². The van der Waals surface area contributed by atoms with Crippen molar-refractivity contribution in [3.05, 3.63) is 22.7 Å². The van der Waals surface area contributed by atoms with Crippen molar-refractivity contribution in [1.82, 2.24) is 10.6 Å². The summed E-state index contributed by atoms with van der Waals surface area (Å²) in [6.07, 6.45) is 0.816. The standard InChI is InChI=1S/C19H31ClN2O4/c1-6-14(11-23)21-10-13-8-16(25-7-2)17(9-15(13)20)26-12-18(24)22-19(3,4)5/h8-9,14,21,23H,6-7,10-12H2,1-5H3,(H,22,24). The first-order chi connectivity index (χ1) is 12.2. The number of nitrogens with one attached hydrogen (secondary N) is 2. The number of amides is 1. The van der Waals surface area contributed by atoms with E-state index in [-0.39, 0.29) is 30.7 Å². The molecule has 0 heterocycles. The second-order valence-corrected chi connectivity index (χ2v) is 7.49. The second kappa shape index (κ2) is 10.6. The largest absolute Gasteiger partial charge is 0.490 e. The zero-order chi connectivity index (χ0) is 19.7. The van der Waals surface area contributed by atoms with E-state index < -0.39 is 0 Å². The van der Waals surface area contributed by atoms with E-state index in [1.165, 1.54) is 0 Å². The van der Waals surface area contributed by atoms with Crippen molar-refractivity contribution in [1.29, 1.82) is 0 Å². The van der Waals surface area contributed by atoms with Gasteiger partial charge >= 0.3 is 0 Å². The third-order valence-electron chi connectivity index (χ3n) is 3.58. The first kappa shape index (κ1) is 22.5. The Morgan fingerprint density at radius 2 is 1.88 bits per heavy atom. The summed E-state index contributed by atoms with van der Waals surface area (Å²) in [4.78, 5) is 12.0. The molecule has 0 aliphatic carbocycles. The highest BCUT2D eigenvalue weighted by Gasteiger charge is 2.17. The molecule has 1 aromatic rings. The molecule has 0 aromatic heterocycles. The van der Waals surface area contributed by atoms with Gasteiger partial charge in [-0.2, -0.15) is 0 Å². The van der Waals surface area contributed by atoms with Crippen LogP contribution >= 0.6 is 11.6 Å². The van der Waals surface area contributed by atoms with Gasteiger partial charge in [0.1, 0.15) is 0 Å². The second-order valence-electron chi connectivity index (χ2n) is 7.08. The van der Waals surface area contributed by atoms with E-state index in [1.54, 1.807) is 12.1 Å². The fourth-order valence-electron chi connectivity index (χ4n) is 2.28. The summed E-state index contributed by atoms with van der Waals surface area (Å²) in [5.41, 5.74) is 0.521. The van der Waals surface area contributed by atoms with Crippen LogP contribution in [0.1, 0.15) is 46.6 Å². The molecule has 1 aromatic carbocycles. The highest BCUT2D eigenvalue weighted by atomic mass is 35.5. The van der Waals surface area contributed by atoms with Gasteiger partial charge in [-0.1, -0.05) is 18.5 Å². The first-order valence-electron chi connectivity index (χ1n) is 8.93. The Labute approximate surface area is 161 Å². The zero-order valence-corrected chi connectivity index (χ0v) is 17.1. The summed E-state index contributed by atoms with van der Waals surface area (Å²) in [5.74, 6) is 0.753. The van der Waals surface area contributed by atoms with Gasteiger partial charge in [0.2, 0.25) is 0 Å². The summed E-state index contributed by atoms with van der Waals surface area (Å²) in [7, 11) is 0. The van der Waals surface area contributed by atoms with E-state index in [0.29, 0.717) is 29.7 Å². The number of aliphatic hydroxyl groups is 1. The molecule has 0 saturated carbocycles. The molecule has 1 rings (SSSR count). The van der Waals surface area contributed by atoms with E-state index in [9.17, 15) is 9.90 Å². The van der Waals surface area contributed by atoms with Crippen LogP contribution in [0.15, 0.2) is 12.1 Å². The van der Waals surface area contributed by atoms with Gasteiger partial charge in [-0.3, -0.25) is 4.79 Å². The van der Waals surface area contributed by atoms with Gasteiger partial charge in [0, 0.05) is 29.2 Å². The highest BCUT2D eigenvalue weighted by Crippen LogP contribution is 2.33. The van der Waals surface area contributed by atoms with Gasteiger partial charge in [0.05, 0.1) is 13.2 Å². The molecule has 6 nitrogen and oxygen atoms in total. The SMILES string of the molecule is CCOc1cc(CNC(CC)CO)c(Cl)cc1OCC(=O)NC(C)(C)C. The molecule has 0 fully saturated rings. The number of hydrogen-bond donors (Lipinski definition) is 3. The minimum absolute atomic E-state index is 0.0126. The molecule has 1 amide bonds. The van der Waals surface area contributed by atoms with Crippen molar-refractivity contribution in [2.45, 2.75) is 59.2 Å². The summed E-state index contributed by atoms with van der Waals surface area (Å²) < 4.78 is 11.3. The minimum Gasteiger partial charge on any atom is -0.490 e. The van der Waals surface area contributed by atoms with Crippen LogP contribution in [-0.4, -0.2) is 42.4 Å². The molecule has 1 atom stereocenters. The zero-order valence-electron chi connectivity index (χ0n) is 16.3. The smallest absolute Gasteiger partial charge is 0.258 e. The maximum Gasteiger partial charge on any atom is 0.258 e. The number of aliphatic hydroxyl groups excluding tert-OH is 1. The van der Waals surface area contributed by atoms with Crippen LogP contribution in [0.4, 0.5) is 0 Å². The fourth-order valence-corrected chi connectivity index (χ4v) is 2.50. The van der Waals surface area contributed by atoms with Crippen molar-refractivity contribution >= 4 is 17.5 Å². The molecule has 0 aliphatic heterocycles. The Morgan fingerprint density at radius 3 is 2.42 bits per heavy atom. The highest BCUT2D eigenvalue weighted by molar-refractivity contribution is 6.31. The summed E-state index contributed by atoms with van der Waals surface area (Å²) in [5, 5.41) is 15.9. The van der Waals surface area contributed by atoms with Crippen LogP contribution < -0.4 is 20.1 Å². The Kier molecular flexibility index (Phi) is 9.19. The Bertz CT molecular complexity index is 584. The van der Waals surface area contributed by atoms with Gasteiger partial charge in [-0.25, -0.2) is 0 Å². The summed E-state index contributed by atoms with van der Waals surface area (Å²) >= 11 is 6.35. The lowest BCUT2D eigenvalue weighted by Gasteiger charge is -2.21. The summed E-state index contributed by atoms with van der Waals surface area (Å²) in [6.45, 7) is 10.5. The Balaban J connectivity index is 2.85. The molecule has 0 bridgehead atoms.